The zero-order valence-electron chi connectivity index (χ0n) is 30.1. The second kappa shape index (κ2) is 12.5. The molecule has 0 aromatic heterocycles. The number of hydrogen-bond donors (Lipinski definition) is 0. The molecule has 2 nitrogen and oxygen atoms in total. The minimum Gasteiger partial charge on any atom is -0.457 e. The number of nitrogens with zero attached hydrogens (tertiary/aromatic N) is 1. The molecule has 1 aliphatic heterocycles. The summed E-state index contributed by atoms with van der Waals surface area (Å²) in [6.07, 6.45) is 0. The van der Waals surface area contributed by atoms with E-state index in [2.05, 4.69) is 217 Å². The molecule has 0 atom stereocenters. The predicted molar refractivity (Wildman–Crippen MR) is 227 cm³/mol. The van der Waals surface area contributed by atoms with Gasteiger partial charge in [0.2, 0.25) is 0 Å². The standard InChI is InChI=1S/C53H35NO/c1-3-16-36(17-4-1)40-34-35-41(43-21-8-7-20-42(40)43)37-30-32-39(33-31-37)54(38-18-5-2-6-19-38)49-27-15-26-48-52(49)44-22-9-10-23-45(44)53(48)46-24-11-13-28-50(46)55-51-29-14-12-25-47(51)53/h1-35H. The Morgan fingerprint density at radius 3 is 1.47 bits per heavy atom. The van der Waals surface area contributed by atoms with Crippen molar-refractivity contribution in [2.75, 3.05) is 4.90 Å². The summed E-state index contributed by atoms with van der Waals surface area (Å²) >= 11 is 0. The molecule has 55 heavy (non-hydrogen) atoms. The number of ether oxygens (including phenoxy) is 1. The molecule has 258 valence electrons. The first kappa shape index (κ1) is 31.4. The van der Waals surface area contributed by atoms with Crippen LogP contribution in [0.1, 0.15) is 22.3 Å². The first-order chi connectivity index (χ1) is 27.3. The quantitative estimate of drug-likeness (QED) is 0.177. The van der Waals surface area contributed by atoms with Crippen LogP contribution in [0, 0.1) is 0 Å². The van der Waals surface area contributed by atoms with E-state index in [-0.39, 0.29) is 0 Å². The lowest BCUT2D eigenvalue weighted by Gasteiger charge is -2.39. The van der Waals surface area contributed by atoms with Crippen LogP contribution in [0.3, 0.4) is 0 Å². The molecule has 1 aliphatic carbocycles. The second-order valence-electron chi connectivity index (χ2n) is 14.4. The van der Waals surface area contributed by atoms with Crippen LogP contribution in [0.5, 0.6) is 11.5 Å². The molecule has 2 aliphatic rings. The van der Waals surface area contributed by atoms with Gasteiger partial charge in [0.1, 0.15) is 11.5 Å². The highest BCUT2D eigenvalue weighted by atomic mass is 16.5. The molecule has 11 rings (SSSR count). The van der Waals surface area contributed by atoms with Gasteiger partial charge in [0.15, 0.2) is 0 Å². The van der Waals surface area contributed by atoms with Crippen molar-refractivity contribution in [1.29, 1.82) is 0 Å². The number of hydrogen-bond acceptors (Lipinski definition) is 2. The molecule has 0 radical (unpaired) electrons. The van der Waals surface area contributed by atoms with E-state index < -0.39 is 5.41 Å². The molecule has 0 unspecified atom stereocenters. The van der Waals surface area contributed by atoms with Crippen molar-refractivity contribution < 1.29 is 4.74 Å². The smallest absolute Gasteiger partial charge is 0.132 e. The van der Waals surface area contributed by atoms with Crippen molar-refractivity contribution in [3.05, 3.63) is 235 Å². The van der Waals surface area contributed by atoms with Crippen LogP contribution in [0.4, 0.5) is 17.1 Å². The monoisotopic (exact) mass is 701 g/mol. The lowest BCUT2D eigenvalue weighted by molar-refractivity contribution is 0.436. The van der Waals surface area contributed by atoms with E-state index in [1.165, 1.54) is 55.3 Å². The van der Waals surface area contributed by atoms with Crippen LogP contribution >= 0.6 is 0 Å². The van der Waals surface area contributed by atoms with Gasteiger partial charge in [-0.25, -0.2) is 0 Å². The highest BCUT2D eigenvalue weighted by molar-refractivity contribution is 6.05. The minimum absolute atomic E-state index is 0.535. The van der Waals surface area contributed by atoms with Crippen molar-refractivity contribution in [2.24, 2.45) is 0 Å². The highest BCUT2D eigenvalue weighted by Crippen LogP contribution is 2.64. The number of anilines is 3. The molecular weight excluding hydrogens is 667 g/mol. The van der Waals surface area contributed by atoms with Gasteiger partial charge in [-0.1, -0.05) is 170 Å². The van der Waals surface area contributed by atoms with Gasteiger partial charge in [0.25, 0.3) is 0 Å². The van der Waals surface area contributed by atoms with E-state index in [0.717, 1.165) is 39.7 Å². The molecule has 1 heterocycles. The van der Waals surface area contributed by atoms with Crippen LogP contribution in [0.15, 0.2) is 212 Å². The van der Waals surface area contributed by atoms with E-state index in [1.807, 2.05) is 0 Å². The van der Waals surface area contributed by atoms with Gasteiger partial charge in [-0.15, -0.1) is 0 Å². The third-order valence-corrected chi connectivity index (χ3v) is 11.5. The van der Waals surface area contributed by atoms with Crippen molar-refractivity contribution in [3.63, 3.8) is 0 Å². The molecule has 0 fully saturated rings. The van der Waals surface area contributed by atoms with Crippen LogP contribution < -0.4 is 9.64 Å². The van der Waals surface area contributed by atoms with E-state index in [0.29, 0.717) is 0 Å². The maximum absolute atomic E-state index is 6.60. The molecule has 9 aromatic carbocycles. The number of fused-ring (bicyclic) bond motifs is 10. The Morgan fingerprint density at radius 1 is 0.327 bits per heavy atom. The number of benzene rings is 9. The zero-order valence-corrected chi connectivity index (χ0v) is 30.1. The van der Waals surface area contributed by atoms with Gasteiger partial charge in [0.05, 0.1) is 11.1 Å². The van der Waals surface area contributed by atoms with E-state index in [9.17, 15) is 0 Å². The molecule has 0 amide bonds. The third-order valence-electron chi connectivity index (χ3n) is 11.5. The van der Waals surface area contributed by atoms with Crippen LogP contribution in [-0.2, 0) is 5.41 Å². The van der Waals surface area contributed by atoms with E-state index in [1.54, 1.807) is 0 Å². The summed E-state index contributed by atoms with van der Waals surface area (Å²) in [6.45, 7) is 0. The minimum atomic E-state index is -0.535. The summed E-state index contributed by atoms with van der Waals surface area (Å²) in [4.78, 5) is 2.42. The maximum atomic E-state index is 6.60. The Labute approximate surface area is 321 Å². The molecule has 9 aromatic rings. The summed E-state index contributed by atoms with van der Waals surface area (Å²) in [5, 5.41) is 2.50. The topological polar surface area (TPSA) is 12.5 Å². The largest absolute Gasteiger partial charge is 0.457 e. The third kappa shape index (κ3) is 4.68. The van der Waals surface area contributed by atoms with E-state index in [4.69, 9.17) is 4.74 Å². The Bertz CT molecular complexity index is 2850. The van der Waals surface area contributed by atoms with Crippen LogP contribution in [-0.4, -0.2) is 0 Å². The van der Waals surface area contributed by atoms with Gasteiger partial charge in [0, 0.05) is 28.1 Å². The molecule has 0 N–H and O–H groups in total. The Hall–Kier alpha value is -7.16. The van der Waals surface area contributed by atoms with Gasteiger partial charge < -0.3 is 9.64 Å². The summed E-state index contributed by atoms with van der Waals surface area (Å²) in [6, 6.07) is 76.7. The van der Waals surface area contributed by atoms with E-state index >= 15 is 0 Å². The molecule has 0 saturated carbocycles. The van der Waals surface area contributed by atoms with Crippen LogP contribution in [0.25, 0.3) is 44.2 Å². The average Bonchev–Trinajstić information content (AvgIpc) is 3.55. The lowest BCUT2D eigenvalue weighted by atomic mass is 9.66. The maximum Gasteiger partial charge on any atom is 0.132 e. The summed E-state index contributed by atoms with van der Waals surface area (Å²) in [7, 11) is 0. The Kier molecular flexibility index (Phi) is 7.11. The fourth-order valence-corrected chi connectivity index (χ4v) is 9.28. The van der Waals surface area contributed by atoms with Crippen molar-refractivity contribution in [3.8, 4) is 44.9 Å². The summed E-state index contributed by atoms with van der Waals surface area (Å²) < 4.78 is 6.60. The van der Waals surface area contributed by atoms with Gasteiger partial charge in [-0.3, -0.25) is 0 Å². The number of rotatable bonds is 5. The second-order valence-corrected chi connectivity index (χ2v) is 14.4. The van der Waals surface area contributed by atoms with Crippen molar-refractivity contribution >= 4 is 27.8 Å². The first-order valence-electron chi connectivity index (χ1n) is 18.9. The summed E-state index contributed by atoms with van der Waals surface area (Å²) in [5.74, 6) is 1.79. The fraction of sp³-hybridized carbons (Fsp3) is 0.0189. The average molecular weight is 702 g/mol. The highest BCUT2D eigenvalue weighted by Gasteiger charge is 2.51. The zero-order chi connectivity index (χ0) is 36.3. The van der Waals surface area contributed by atoms with Gasteiger partial charge >= 0.3 is 0 Å². The van der Waals surface area contributed by atoms with Gasteiger partial charge in [-0.05, 0) is 92.2 Å². The van der Waals surface area contributed by atoms with Crippen LogP contribution in [0.2, 0.25) is 0 Å². The molecule has 0 saturated heterocycles. The van der Waals surface area contributed by atoms with Crippen molar-refractivity contribution in [1.82, 2.24) is 0 Å². The molecular formula is C53H35NO. The molecule has 0 bridgehead atoms. The number of para-hydroxylation sites is 3. The normalized spacial score (nSPS) is 13.0. The molecule has 2 heteroatoms. The summed E-state index contributed by atoms with van der Waals surface area (Å²) in [5.41, 5.74) is 15.0. The predicted octanol–water partition coefficient (Wildman–Crippen LogP) is 14.1. The lowest BCUT2D eigenvalue weighted by Crippen LogP contribution is -2.32. The van der Waals surface area contributed by atoms with Gasteiger partial charge in [-0.2, -0.15) is 0 Å². The molecule has 1 spiro atoms. The fourth-order valence-electron chi connectivity index (χ4n) is 9.28. The SMILES string of the molecule is c1ccc(-c2ccc(-c3ccc(N(c4ccccc4)c4cccc5c4-c4ccccc4C54c5ccccc5Oc5ccccc54)cc3)c3ccccc23)cc1. The van der Waals surface area contributed by atoms with Crippen molar-refractivity contribution in [2.45, 2.75) is 5.41 Å². The first-order valence-corrected chi connectivity index (χ1v) is 18.9. The Morgan fingerprint density at radius 2 is 0.818 bits per heavy atom. The Balaban J connectivity index is 1.11.